The molecule has 110 valence electrons. The molecule has 0 bridgehead atoms. The van der Waals surface area contributed by atoms with Crippen LogP contribution in [0.15, 0.2) is 34.7 Å². The molecule has 0 aliphatic carbocycles. The largest absolute Gasteiger partial charge is 0.485 e. The van der Waals surface area contributed by atoms with E-state index in [1.165, 1.54) is 0 Å². The summed E-state index contributed by atoms with van der Waals surface area (Å²) in [5.74, 6) is 4.87. The minimum atomic E-state index is -0.579. The van der Waals surface area contributed by atoms with E-state index in [-0.39, 0.29) is 17.9 Å². The van der Waals surface area contributed by atoms with Crippen molar-refractivity contribution < 1.29 is 18.7 Å². The minimum absolute atomic E-state index is 0.0585. The zero-order valence-electron chi connectivity index (χ0n) is 11.4. The summed E-state index contributed by atoms with van der Waals surface area (Å²) in [5, 5.41) is 0. The van der Waals surface area contributed by atoms with Crippen LogP contribution in [0.3, 0.4) is 0 Å². The molecule has 5 N–H and O–H groups in total. The first-order chi connectivity index (χ1) is 10.0. The van der Waals surface area contributed by atoms with Crippen LogP contribution in [-0.4, -0.2) is 11.8 Å². The van der Waals surface area contributed by atoms with Gasteiger partial charge in [0.2, 0.25) is 0 Å². The van der Waals surface area contributed by atoms with E-state index < -0.39 is 11.8 Å². The molecule has 1 aromatic heterocycles. The Hall–Kier alpha value is -2.80. The molecular formula is C14H15N3O4. The predicted octanol–water partition coefficient (Wildman–Crippen LogP) is 0.869. The molecule has 7 nitrogen and oxygen atoms in total. The molecule has 0 spiro atoms. The van der Waals surface area contributed by atoms with Crippen LogP contribution >= 0.6 is 0 Å². The van der Waals surface area contributed by atoms with Crippen molar-refractivity contribution in [2.75, 3.05) is 0 Å². The summed E-state index contributed by atoms with van der Waals surface area (Å²) in [7, 11) is 0. The van der Waals surface area contributed by atoms with Crippen molar-refractivity contribution in [2.45, 2.75) is 13.5 Å². The van der Waals surface area contributed by atoms with Crippen molar-refractivity contribution in [1.29, 1.82) is 0 Å². The van der Waals surface area contributed by atoms with Gasteiger partial charge in [-0.05, 0) is 25.1 Å². The quantitative estimate of drug-likeness (QED) is 0.428. The molecule has 21 heavy (non-hydrogen) atoms. The van der Waals surface area contributed by atoms with Crippen LogP contribution in [0.1, 0.15) is 32.2 Å². The number of nitrogen functional groups attached to an aromatic ring is 1. The third kappa shape index (κ3) is 3.21. The molecule has 2 aromatic rings. The average Bonchev–Trinajstić information content (AvgIpc) is 2.85. The number of benzene rings is 1. The molecule has 7 heteroatoms. The maximum absolute atomic E-state index is 11.4. The highest BCUT2D eigenvalue weighted by atomic mass is 16.5. The van der Waals surface area contributed by atoms with Crippen molar-refractivity contribution in [1.82, 2.24) is 5.43 Å². The van der Waals surface area contributed by atoms with Crippen LogP contribution in [0.25, 0.3) is 0 Å². The normalized spacial score (nSPS) is 10.2. The molecule has 0 unspecified atom stereocenters. The molecule has 0 fully saturated rings. The van der Waals surface area contributed by atoms with Crippen molar-refractivity contribution in [3.8, 4) is 5.75 Å². The van der Waals surface area contributed by atoms with Gasteiger partial charge < -0.3 is 14.9 Å². The van der Waals surface area contributed by atoms with Crippen molar-refractivity contribution in [3.05, 3.63) is 53.0 Å². The molecule has 0 atom stereocenters. The maximum Gasteiger partial charge on any atom is 0.301 e. The number of para-hydroxylation sites is 1. The Morgan fingerprint density at radius 2 is 2.05 bits per heavy atom. The van der Waals surface area contributed by atoms with E-state index in [9.17, 15) is 9.59 Å². The van der Waals surface area contributed by atoms with Crippen LogP contribution in [0.5, 0.6) is 5.75 Å². The monoisotopic (exact) mass is 289 g/mol. The number of rotatable bonds is 5. The highest BCUT2D eigenvalue weighted by Gasteiger charge is 2.15. The molecule has 1 aromatic carbocycles. The first-order valence-electron chi connectivity index (χ1n) is 6.14. The Labute approximate surface area is 120 Å². The second kappa shape index (κ2) is 6.10. The zero-order chi connectivity index (χ0) is 15.4. The fraction of sp³-hybridized carbons (Fsp3) is 0.143. The molecule has 0 aliphatic rings. The summed E-state index contributed by atoms with van der Waals surface area (Å²) >= 11 is 0. The van der Waals surface area contributed by atoms with Crippen LogP contribution in [-0.2, 0) is 6.61 Å². The number of amides is 2. The number of carbonyl (C=O) groups is 2. The van der Waals surface area contributed by atoms with Gasteiger partial charge in [-0.3, -0.25) is 15.0 Å². The van der Waals surface area contributed by atoms with E-state index in [2.05, 4.69) is 0 Å². The van der Waals surface area contributed by atoms with Gasteiger partial charge in [0, 0.05) is 5.56 Å². The molecule has 0 radical (unpaired) electrons. The Morgan fingerprint density at radius 3 is 2.71 bits per heavy atom. The molecule has 0 saturated heterocycles. The van der Waals surface area contributed by atoms with Crippen LogP contribution in [0.2, 0.25) is 0 Å². The summed E-state index contributed by atoms with van der Waals surface area (Å²) in [6.07, 6.45) is 0. The van der Waals surface area contributed by atoms with Crippen LogP contribution in [0, 0.1) is 6.92 Å². The topological polar surface area (TPSA) is 121 Å². The molecule has 1 heterocycles. The number of nitrogens with two attached hydrogens (primary N) is 2. The zero-order valence-corrected chi connectivity index (χ0v) is 11.4. The third-order valence-electron chi connectivity index (χ3n) is 2.83. The highest BCUT2D eigenvalue weighted by molar-refractivity contribution is 5.95. The first kappa shape index (κ1) is 14.6. The molecule has 0 aliphatic heterocycles. The highest BCUT2D eigenvalue weighted by Crippen LogP contribution is 2.20. The lowest BCUT2D eigenvalue weighted by atomic mass is 10.2. The van der Waals surface area contributed by atoms with Gasteiger partial charge in [0.05, 0.1) is 5.56 Å². The van der Waals surface area contributed by atoms with Crippen molar-refractivity contribution in [3.63, 3.8) is 0 Å². The van der Waals surface area contributed by atoms with Crippen molar-refractivity contribution >= 4 is 11.8 Å². The van der Waals surface area contributed by atoms with E-state index in [1.54, 1.807) is 37.3 Å². The summed E-state index contributed by atoms with van der Waals surface area (Å²) in [4.78, 5) is 22.7. The summed E-state index contributed by atoms with van der Waals surface area (Å²) in [6, 6.07) is 8.27. The summed E-state index contributed by atoms with van der Waals surface area (Å²) in [6.45, 7) is 1.78. The number of carbonyl (C=O) groups excluding carboxylic acids is 2. The maximum atomic E-state index is 11.4. The number of nitrogens with one attached hydrogen (secondary N) is 1. The fourth-order valence-corrected chi connectivity index (χ4v) is 1.86. The number of ether oxygens (including phenoxy) is 1. The molecular weight excluding hydrogens is 274 g/mol. The number of hydrazine groups is 1. The molecule has 2 amide bonds. The molecule has 2 rings (SSSR count). The lowest BCUT2D eigenvalue weighted by molar-refractivity contribution is 0.0921. The van der Waals surface area contributed by atoms with E-state index in [4.69, 9.17) is 20.7 Å². The van der Waals surface area contributed by atoms with Crippen LogP contribution < -0.4 is 21.7 Å². The minimum Gasteiger partial charge on any atom is -0.485 e. The van der Waals surface area contributed by atoms with Crippen LogP contribution in [0.4, 0.5) is 0 Å². The van der Waals surface area contributed by atoms with E-state index in [0.29, 0.717) is 17.1 Å². The lowest BCUT2D eigenvalue weighted by Gasteiger charge is -2.07. The van der Waals surface area contributed by atoms with Crippen molar-refractivity contribution in [2.24, 2.45) is 11.6 Å². The Bertz CT molecular complexity index is 679. The fourth-order valence-electron chi connectivity index (χ4n) is 1.86. The number of aryl methyl sites for hydroxylation is 1. The van der Waals surface area contributed by atoms with E-state index in [0.717, 1.165) is 0 Å². The van der Waals surface area contributed by atoms with E-state index >= 15 is 0 Å². The Balaban J connectivity index is 2.14. The smallest absolute Gasteiger partial charge is 0.301 e. The number of furan rings is 1. The first-order valence-corrected chi connectivity index (χ1v) is 6.14. The number of hydrogen-bond donors (Lipinski definition) is 3. The van der Waals surface area contributed by atoms with Gasteiger partial charge >= 0.3 is 5.91 Å². The Morgan fingerprint density at radius 1 is 1.33 bits per heavy atom. The molecule has 0 saturated carbocycles. The van der Waals surface area contributed by atoms with Gasteiger partial charge in [-0.25, -0.2) is 5.84 Å². The van der Waals surface area contributed by atoms with Gasteiger partial charge in [0.15, 0.2) is 5.76 Å². The predicted molar refractivity (Wildman–Crippen MR) is 74.4 cm³/mol. The van der Waals surface area contributed by atoms with Gasteiger partial charge in [0.25, 0.3) is 5.91 Å². The summed E-state index contributed by atoms with van der Waals surface area (Å²) < 4.78 is 10.9. The lowest BCUT2D eigenvalue weighted by Crippen LogP contribution is -2.30. The average molecular weight is 289 g/mol. The second-order valence-electron chi connectivity index (χ2n) is 4.35. The SMILES string of the molecule is Cc1cc(COc2ccccc2C(N)=O)oc1C(=O)NN. The van der Waals surface area contributed by atoms with Gasteiger partial charge in [-0.1, -0.05) is 12.1 Å². The standard InChI is InChI=1S/C14H15N3O4/c1-8-6-9(21-12(8)14(19)17-16)7-20-11-5-3-2-4-10(11)13(15)18/h2-6H,7,16H2,1H3,(H2,15,18)(H,17,19). The van der Waals surface area contributed by atoms with Gasteiger partial charge in [-0.2, -0.15) is 0 Å². The number of hydrogen-bond acceptors (Lipinski definition) is 5. The Kier molecular flexibility index (Phi) is 4.24. The number of primary amides is 1. The van der Waals surface area contributed by atoms with Gasteiger partial charge in [-0.15, -0.1) is 0 Å². The van der Waals surface area contributed by atoms with Gasteiger partial charge in [0.1, 0.15) is 18.1 Å². The summed E-state index contributed by atoms with van der Waals surface area (Å²) in [5.41, 5.74) is 8.18. The third-order valence-corrected chi connectivity index (χ3v) is 2.83. The second-order valence-corrected chi connectivity index (χ2v) is 4.35. The van der Waals surface area contributed by atoms with E-state index in [1.807, 2.05) is 5.43 Å².